The number of rotatable bonds is 3. The van der Waals surface area contributed by atoms with Crippen molar-refractivity contribution in [2.45, 2.75) is 19.9 Å². The Balaban J connectivity index is 0.00000156. The highest BCUT2D eigenvalue weighted by Gasteiger charge is 2.19. The summed E-state index contributed by atoms with van der Waals surface area (Å²) in [4.78, 5) is 16.6. The highest BCUT2D eigenvalue weighted by atomic mass is 35.5. The molecule has 3 aromatic rings. The predicted molar refractivity (Wildman–Crippen MR) is 93.2 cm³/mol. The third-order valence-electron chi connectivity index (χ3n) is 4.20. The number of aromatic nitrogens is 2. The zero-order valence-corrected chi connectivity index (χ0v) is 13.6. The Morgan fingerprint density at radius 1 is 1.13 bits per heavy atom. The largest absolute Gasteiger partial charge is 0.329 e. The van der Waals surface area contributed by atoms with E-state index in [1.165, 1.54) is 22.3 Å². The molecule has 0 saturated heterocycles. The average Bonchev–Trinajstić information content (AvgIpc) is 3.09. The van der Waals surface area contributed by atoms with Crippen LogP contribution in [0.4, 0.5) is 0 Å². The fourth-order valence-corrected chi connectivity index (χ4v) is 3.13. The number of ketones is 1. The number of imidazole rings is 1. The topological polar surface area (TPSA) is 34.9 Å². The van der Waals surface area contributed by atoms with E-state index in [0.717, 1.165) is 17.7 Å². The van der Waals surface area contributed by atoms with Crippen LogP contribution in [-0.2, 0) is 13.0 Å². The Labute approximate surface area is 141 Å². The first-order chi connectivity index (χ1) is 10.7. The minimum Gasteiger partial charge on any atom is -0.329 e. The second-order valence-corrected chi connectivity index (χ2v) is 5.82. The number of hydrogen-bond acceptors (Lipinski definition) is 2. The Kier molecular flexibility index (Phi) is 4.05. The van der Waals surface area contributed by atoms with Crippen molar-refractivity contribution in [3.63, 3.8) is 0 Å². The summed E-state index contributed by atoms with van der Waals surface area (Å²) in [5.74, 6) is 0.121. The number of Topliss-reactive ketones (excluding diaryl/α,β-unsaturated/α-hetero) is 1. The molecule has 3 nitrogen and oxygen atoms in total. The molecule has 0 aliphatic heterocycles. The van der Waals surface area contributed by atoms with Gasteiger partial charge in [0.2, 0.25) is 0 Å². The molecule has 1 heterocycles. The molecule has 0 N–H and O–H groups in total. The van der Waals surface area contributed by atoms with Crippen LogP contribution in [0.15, 0.2) is 55.0 Å². The lowest BCUT2D eigenvalue weighted by atomic mass is 10.0. The minimum absolute atomic E-state index is 0. The molecule has 0 spiro atoms. The number of nitrogens with zero attached hydrogens (tertiary/aromatic N) is 2. The third kappa shape index (κ3) is 2.80. The van der Waals surface area contributed by atoms with Crippen LogP contribution < -0.4 is 0 Å². The van der Waals surface area contributed by atoms with Gasteiger partial charge in [0.1, 0.15) is 0 Å². The summed E-state index contributed by atoms with van der Waals surface area (Å²) in [5.41, 5.74) is 6.84. The monoisotopic (exact) mass is 324 g/mol. The van der Waals surface area contributed by atoms with E-state index >= 15 is 0 Å². The molecule has 0 radical (unpaired) electrons. The van der Waals surface area contributed by atoms with Crippen molar-refractivity contribution >= 4 is 18.2 Å². The van der Waals surface area contributed by atoms with E-state index in [1.54, 1.807) is 6.33 Å². The van der Waals surface area contributed by atoms with Crippen LogP contribution in [0.2, 0.25) is 0 Å². The molecule has 1 aromatic heterocycles. The van der Waals surface area contributed by atoms with Gasteiger partial charge in [-0.05, 0) is 41.7 Å². The standard InChI is InChI=1S/C19H16N2O.ClH/c1-13-10-21(12-20-13)11-19(22)15-6-7-18-16(9-15)8-14-4-2-3-5-17(14)18;/h2-7,9-10,12H,8,11H2,1H3;1H. The molecular formula is C19H17ClN2O. The normalized spacial score (nSPS) is 11.5. The average molecular weight is 325 g/mol. The van der Waals surface area contributed by atoms with Crippen LogP contribution in [0.25, 0.3) is 11.1 Å². The number of halogens is 1. The van der Waals surface area contributed by atoms with E-state index in [0.29, 0.717) is 6.54 Å². The Morgan fingerprint density at radius 3 is 2.70 bits per heavy atom. The summed E-state index contributed by atoms with van der Waals surface area (Å²) < 4.78 is 1.83. The van der Waals surface area contributed by atoms with Crippen molar-refractivity contribution in [3.05, 3.63) is 77.4 Å². The number of benzene rings is 2. The van der Waals surface area contributed by atoms with Crippen molar-refractivity contribution in [1.82, 2.24) is 9.55 Å². The Bertz CT molecular complexity index is 883. The highest BCUT2D eigenvalue weighted by Crippen LogP contribution is 2.36. The quantitative estimate of drug-likeness (QED) is 0.532. The van der Waals surface area contributed by atoms with Crippen molar-refractivity contribution in [2.75, 3.05) is 0 Å². The minimum atomic E-state index is 0. The van der Waals surface area contributed by atoms with E-state index in [1.807, 2.05) is 29.8 Å². The van der Waals surface area contributed by atoms with Gasteiger partial charge >= 0.3 is 0 Å². The SMILES string of the molecule is Cc1cn(CC(=O)c2ccc3c(c2)Cc2ccccc2-3)cn1.Cl. The lowest BCUT2D eigenvalue weighted by Gasteiger charge is -2.05. The van der Waals surface area contributed by atoms with Gasteiger partial charge in [-0.2, -0.15) is 0 Å². The maximum Gasteiger partial charge on any atom is 0.182 e. The van der Waals surface area contributed by atoms with E-state index < -0.39 is 0 Å². The summed E-state index contributed by atoms with van der Waals surface area (Å²) >= 11 is 0. The van der Waals surface area contributed by atoms with E-state index in [4.69, 9.17) is 0 Å². The van der Waals surface area contributed by atoms with Crippen LogP contribution in [0.1, 0.15) is 27.2 Å². The number of fused-ring (bicyclic) bond motifs is 3. The predicted octanol–water partition coefficient (Wildman–Crippen LogP) is 4.07. The number of hydrogen-bond donors (Lipinski definition) is 0. The molecule has 0 bridgehead atoms. The molecule has 1 aliphatic carbocycles. The van der Waals surface area contributed by atoms with Crippen molar-refractivity contribution < 1.29 is 4.79 Å². The number of carbonyl (C=O) groups is 1. The molecule has 0 fully saturated rings. The van der Waals surface area contributed by atoms with Gasteiger partial charge in [0.15, 0.2) is 5.78 Å². The first-order valence-corrected chi connectivity index (χ1v) is 7.43. The second-order valence-electron chi connectivity index (χ2n) is 5.82. The van der Waals surface area contributed by atoms with Crippen LogP contribution in [0.5, 0.6) is 0 Å². The molecule has 1 aliphatic rings. The van der Waals surface area contributed by atoms with E-state index in [2.05, 4.69) is 35.3 Å². The molecule has 116 valence electrons. The van der Waals surface area contributed by atoms with Crippen molar-refractivity contribution in [1.29, 1.82) is 0 Å². The second kappa shape index (κ2) is 6.01. The number of carbonyl (C=O) groups excluding carboxylic acids is 1. The van der Waals surface area contributed by atoms with Gasteiger partial charge in [-0.15, -0.1) is 12.4 Å². The summed E-state index contributed by atoms with van der Waals surface area (Å²) in [6.07, 6.45) is 4.51. The lowest BCUT2D eigenvalue weighted by Crippen LogP contribution is -2.09. The molecule has 0 saturated carbocycles. The Morgan fingerprint density at radius 2 is 1.91 bits per heavy atom. The van der Waals surface area contributed by atoms with E-state index in [-0.39, 0.29) is 18.2 Å². The van der Waals surface area contributed by atoms with Gasteiger partial charge < -0.3 is 4.57 Å². The zero-order valence-electron chi connectivity index (χ0n) is 12.8. The van der Waals surface area contributed by atoms with Crippen LogP contribution in [0.3, 0.4) is 0 Å². The molecule has 4 rings (SSSR count). The molecule has 2 aromatic carbocycles. The third-order valence-corrected chi connectivity index (χ3v) is 4.20. The fourth-order valence-electron chi connectivity index (χ4n) is 3.13. The van der Waals surface area contributed by atoms with Gasteiger partial charge in [0.05, 0.1) is 18.6 Å². The summed E-state index contributed by atoms with van der Waals surface area (Å²) in [5, 5.41) is 0. The smallest absolute Gasteiger partial charge is 0.182 e. The maximum absolute atomic E-state index is 12.4. The molecule has 23 heavy (non-hydrogen) atoms. The first-order valence-electron chi connectivity index (χ1n) is 7.43. The lowest BCUT2D eigenvalue weighted by molar-refractivity contribution is 0.0972. The van der Waals surface area contributed by atoms with Crippen molar-refractivity contribution in [3.8, 4) is 11.1 Å². The van der Waals surface area contributed by atoms with Gasteiger partial charge in [0.25, 0.3) is 0 Å². The zero-order chi connectivity index (χ0) is 15.1. The molecular weight excluding hydrogens is 308 g/mol. The van der Waals surface area contributed by atoms with Crippen LogP contribution >= 0.6 is 12.4 Å². The molecule has 0 amide bonds. The van der Waals surface area contributed by atoms with E-state index in [9.17, 15) is 4.79 Å². The summed E-state index contributed by atoms with van der Waals surface area (Å²) in [6.45, 7) is 2.26. The van der Waals surface area contributed by atoms with Gasteiger partial charge in [0, 0.05) is 11.8 Å². The van der Waals surface area contributed by atoms with Crippen molar-refractivity contribution in [2.24, 2.45) is 0 Å². The molecule has 4 heteroatoms. The summed E-state index contributed by atoms with van der Waals surface area (Å²) in [7, 11) is 0. The molecule has 0 atom stereocenters. The fraction of sp³-hybridized carbons (Fsp3) is 0.158. The maximum atomic E-state index is 12.4. The van der Waals surface area contributed by atoms with Gasteiger partial charge in [-0.1, -0.05) is 36.4 Å². The van der Waals surface area contributed by atoms with Gasteiger partial charge in [-0.25, -0.2) is 4.98 Å². The van der Waals surface area contributed by atoms with Crippen LogP contribution in [0, 0.1) is 6.92 Å². The molecule has 0 unspecified atom stereocenters. The first kappa shape index (κ1) is 15.5. The number of aryl methyl sites for hydroxylation is 1. The van der Waals surface area contributed by atoms with Crippen LogP contribution in [-0.4, -0.2) is 15.3 Å². The van der Waals surface area contributed by atoms with Gasteiger partial charge in [-0.3, -0.25) is 4.79 Å². The Hall–Kier alpha value is -2.39. The summed E-state index contributed by atoms with van der Waals surface area (Å²) in [6, 6.07) is 14.5. The highest BCUT2D eigenvalue weighted by molar-refractivity contribution is 5.97.